The molecular formula is C18H27N3O3. The number of aromatic nitrogens is 2. The minimum atomic E-state index is -0.464. The Morgan fingerprint density at radius 3 is 2.46 bits per heavy atom. The van der Waals surface area contributed by atoms with Crippen molar-refractivity contribution in [2.75, 3.05) is 13.1 Å². The maximum Gasteiger partial charge on any atom is 0.410 e. The molecule has 0 radical (unpaired) electrons. The molecule has 24 heavy (non-hydrogen) atoms. The van der Waals surface area contributed by atoms with E-state index in [9.17, 15) is 9.59 Å². The second-order valence-electron chi connectivity index (χ2n) is 7.96. The molecule has 1 saturated carbocycles. The smallest absolute Gasteiger partial charge is 0.410 e. The van der Waals surface area contributed by atoms with Crippen LogP contribution in [0.5, 0.6) is 0 Å². The van der Waals surface area contributed by atoms with Crippen molar-refractivity contribution in [2.45, 2.75) is 64.5 Å². The average molecular weight is 333 g/mol. The summed E-state index contributed by atoms with van der Waals surface area (Å²) in [5.41, 5.74) is 0.545. The Hall–Kier alpha value is -1.85. The SMILES string of the molecule is CC(C)(C)OC(=O)N1CCC(Cn2nc(C3CC3)ccc2=O)CC1. The molecule has 2 aliphatic rings. The van der Waals surface area contributed by atoms with E-state index in [1.165, 1.54) is 12.8 Å². The zero-order chi connectivity index (χ0) is 17.3. The van der Waals surface area contributed by atoms with Gasteiger partial charge in [-0.3, -0.25) is 4.79 Å². The zero-order valence-corrected chi connectivity index (χ0v) is 14.8. The molecule has 0 unspecified atom stereocenters. The van der Waals surface area contributed by atoms with Crippen molar-refractivity contribution in [3.8, 4) is 0 Å². The Kier molecular flexibility index (Phi) is 4.65. The molecule has 6 heteroatoms. The topological polar surface area (TPSA) is 64.4 Å². The third-order valence-electron chi connectivity index (χ3n) is 4.58. The van der Waals surface area contributed by atoms with E-state index in [1.54, 1.807) is 15.6 Å². The Bertz CT molecular complexity index is 650. The van der Waals surface area contributed by atoms with Gasteiger partial charge in [0.2, 0.25) is 0 Å². The molecule has 132 valence electrons. The largest absolute Gasteiger partial charge is 0.444 e. The molecule has 1 aromatic rings. The van der Waals surface area contributed by atoms with Crippen LogP contribution in [-0.2, 0) is 11.3 Å². The zero-order valence-electron chi connectivity index (χ0n) is 14.8. The standard InChI is InChI=1S/C18H27N3O3/c1-18(2,3)24-17(23)20-10-8-13(9-11-20)12-21-16(22)7-6-15(19-21)14-4-5-14/h6-7,13-14H,4-5,8-12H2,1-3H3. The first-order valence-electron chi connectivity index (χ1n) is 8.88. The minimum absolute atomic E-state index is 0.0334. The Morgan fingerprint density at radius 2 is 1.88 bits per heavy atom. The lowest BCUT2D eigenvalue weighted by atomic mass is 9.97. The van der Waals surface area contributed by atoms with Gasteiger partial charge in [0.1, 0.15) is 5.60 Å². The molecule has 2 heterocycles. The summed E-state index contributed by atoms with van der Waals surface area (Å²) in [5.74, 6) is 0.925. The van der Waals surface area contributed by atoms with Crippen LogP contribution < -0.4 is 5.56 Å². The molecule has 0 bridgehead atoms. The summed E-state index contributed by atoms with van der Waals surface area (Å²) in [5, 5.41) is 4.53. The van der Waals surface area contributed by atoms with Crippen LogP contribution in [0.4, 0.5) is 4.79 Å². The first-order valence-corrected chi connectivity index (χ1v) is 8.88. The summed E-state index contributed by atoms with van der Waals surface area (Å²) in [6, 6.07) is 3.50. The maximum absolute atomic E-state index is 12.1. The van der Waals surface area contributed by atoms with Crippen molar-refractivity contribution >= 4 is 6.09 Å². The first kappa shape index (κ1) is 17.0. The van der Waals surface area contributed by atoms with Crippen molar-refractivity contribution in [1.29, 1.82) is 0 Å². The normalized spacial score (nSPS) is 19.4. The molecule has 3 rings (SSSR count). The van der Waals surface area contributed by atoms with Crippen LogP contribution in [0.1, 0.15) is 58.1 Å². The molecule has 1 aliphatic heterocycles. The van der Waals surface area contributed by atoms with E-state index in [1.807, 2.05) is 26.8 Å². The third-order valence-corrected chi connectivity index (χ3v) is 4.58. The number of rotatable bonds is 3. The monoisotopic (exact) mass is 333 g/mol. The van der Waals surface area contributed by atoms with Crippen molar-refractivity contribution in [2.24, 2.45) is 5.92 Å². The second kappa shape index (κ2) is 6.57. The predicted octanol–water partition coefficient (Wildman–Crippen LogP) is 2.77. The number of piperidine rings is 1. The van der Waals surface area contributed by atoms with Gasteiger partial charge in [0.05, 0.1) is 5.69 Å². The summed E-state index contributed by atoms with van der Waals surface area (Å²) in [6.07, 6.45) is 3.87. The summed E-state index contributed by atoms with van der Waals surface area (Å²) in [4.78, 5) is 25.9. The van der Waals surface area contributed by atoms with Crippen LogP contribution in [0.15, 0.2) is 16.9 Å². The summed E-state index contributed by atoms with van der Waals surface area (Å²) in [6.45, 7) is 7.63. The van der Waals surface area contributed by atoms with E-state index >= 15 is 0 Å². The van der Waals surface area contributed by atoms with Gasteiger partial charge in [-0.2, -0.15) is 5.10 Å². The van der Waals surface area contributed by atoms with Crippen LogP contribution in [0.2, 0.25) is 0 Å². The molecule has 0 aromatic carbocycles. The number of carbonyl (C=O) groups is 1. The van der Waals surface area contributed by atoms with Crippen molar-refractivity contribution in [3.63, 3.8) is 0 Å². The van der Waals surface area contributed by atoms with Crippen LogP contribution in [0.3, 0.4) is 0 Å². The van der Waals surface area contributed by atoms with E-state index in [0.29, 0.717) is 31.5 Å². The van der Waals surface area contributed by atoms with Gasteiger partial charge in [-0.25, -0.2) is 9.48 Å². The number of hydrogen-bond acceptors (Lipinski definition) is 4. The van der Waals surface area contributed by atoms with Gasteiger partial charge in [0.25, 0.3) is 5.56 Å². The van der Waals surface area contributed by atoms with Gasteiger partial charge in [0, 0.05) is 31.6 Å². The van der Waals surface area contributed by atoms with Crippen molar-refractivity contribution < 1.29 is 9.53 Å². The van der Waals surface area contributed by atoms with Crippen LogP contribution >= 0.6 is 0 Å². The molecule has 2 fully saturated rings. The summed E-state index contributed by atoms with van der Waals surface area (Å²) >= 11 is 0. The van der Waals surface area contributed by atoms with E-state index < -0.39 is 5.60 Å². The van der Waals surface area contributed by atoms with Crippen LogP contribution in [-0.4, -0.2) is 39.5 Å². The van der Waals surface area contributed by atoms with Gasteiger partial charge in [-0.05, 0) is 58.4 Å². The average Bonchev–Trinajstić information content (AvgIpc) is 3.33. The molecule has 6 nitrogen and oxygen atoms in total. The molecule has 1 aromatic heterocycles. The van der Waals surface area contributed by atoms with Gasteiger partial charge >= 0.3 is 6.09 Å². The number of ether oxygens (including phenoxy) is 1. The van der Waals surface area contributed by atoms with E-state index in [-0.39, 0.29) is 11.7 Å². The molecule has 0 N–H and O–H groups in total. The summed E-state index contributed by atoms with van der Waals surface area (Å²) in [7, 11) is 0. The van der Waals surface area contributed by atoms with Gasteiger partial charge in [-0.1, -0.05) is 0 Å². The second-order valence-corrected chi connectivity index (χ2v) is 7.96. The highest BCUT2D eigenvalue weighted by atomic mass is 16.6. The maximum atomic E-state index is 12.1. The molecule has 1 aliphatic carbocycles. The molecule has 0 spiro atoms. The molecule has 1 amide bonds. The van der Waals surface area contributed by atoms with E-state index in [0.717, 1.165) is 18.5 Å². The minimum Gasteiger partial charge on any atom is -0.444 e. The fraction of sp³-hybridized carbons (Fsp3) is 0.722. The third kappa shape index (κ3) is 4.36. The predicted molar refractivity (Wildman–Crippen MR) is 91.0 cm³/mol. The van der Waals surface area contributed by atoms with E-state index in [2.05, 4.69) is 5.10 Å². The Labute approximate surface area is 142 Å². The number of hydrogen-bond donors (Lipinski definition) is 0. The number of amides is 1. The van der Waals surface area contributed by atoms with Gasteiger partial charge in [0.15, 0.2) is 0 Å². The quantitative estimate of drug-likeness (QED) is 0.853. The number of nitrogens with zero attached hydrogens (tertiary/aromatic N) is 3. The molecule has 0 atom stereocenters. The highest BCUT2D eigenvalue weighted by Gasteiger charge is 2.28. The fourth-order valence-electron chi connectivity index (χ4n) is 3.06. The molecular weight excluding hydrogens is 306 g/mol. The highest BCUT2D eigenvalue weighted by Crippen LogP contribution is 2.38. The first-order chi connectivity index (χ1) is 11.3. The van der Waals surface area contributed by atoms with Gasteiger partial charge in [-0.15, -0.1) is 0 Å². The highest BCUT2D eigenvalue weighted by molar-refractivity contribution is 5.68. The lowest BCUT2D eigenvalue weighted by molar-refractivity contribution is 0.0176. The van der Waals surface area contributed by atoms with E-state index in [4.69, 9.17) is 4.74 Å². The number of likely N-dealkylation sites (tertiary alicyclic amines) is 1. The van der Waals surface area contributed by atoms with Gasteiger partial charge < -0.3 is 9.64 Å². The van der Waals surface area contributed by atoms with Crippen molar-refractivity contribution in [1.82, 2.24) is 14.7 Å². The van der Waals surface area contributed by atoms with Crippen molar-refractivity contribution in [3.05, 3.63) is 28.2 Å². The van der Waals surface area contributed by atoms with Crippen LogP contribution in [0.25, 0.3) is 0 Å². The Morgan fingerprint density at radius 1 is 1.21 bits per heavy atom. The lowest BCUT2D eigenvalue weighted by Crippen LogP contribution is -2.42. The lowest BCUT2D eigenvalue weighted by Gasteiger charge is -2.33. The fourth-order valence-corrected chi connectivity index (χ4v) is 3.06. The summed E-state index contributed by atoms with van der Waals surface area (Å²) < 4.78 is 7.03. The molecule has 1 saturated heterocycles. The Balaban J connectivity index is 1.55. The van der Waals surface area contributed by atoms with Crippen LogP contribution in [0, 0.1) is 5.92 Å². The number of carbonyl (C=O) groups excluding carboxylic acids is 1.